The van der Waals surface area contributed by atoms with E-state index >= 15 is 0 Å². The molecule has 3 aromatic rings. The number of hydrogen-bond donors (Lipinski definition) is 3. The maximum atomic E-state index is 12.7. The highest BCUT2D eigenvalue weighted by atomic mass is 16.6. The van der Waals surface area contributed by atoms with Gasteiger partial charge in [0.2, 0.25) is 5.95 Å². The minimum atomic E-state index is -1.21. The minimum absolute atomic E-state index is 0.0371. The van der Waals surface area contributed by atoms with Crippen LogP contribution in [0.3, 0.4) is 0 Å². The second-order valence-electron chi connectivity index (χ2n) is 8.73. The molecule has 4 N–H and O–H groups in total. The van der Waals surface area contributed by atoms with Crippen LogP contribution in [0.5, 0.6) is 5.75 Å². The van der Waals surface area contributed by atoms with Gasteiger partial charge in [0, 0.05) is 29.9 Å². The van der Waals surface area contributed by atoms with Gasteiger partial charge >= 0.3 is 11.4 Å². The fraction of sp³-hybridized carbons (Fsp3) is 0.320. The number of carbonyl (C=O) groups excluding carboxylic acids is 1. The summed E-state index contributed by atoms with van der Waals surface area (Å²) in [6, 6.07) is 10.2. The Balaban J connectivity index is 0.000000317. The van der Waals surface area contributed by atoms with Crippen molar-refractivity contribution in [2.24, 2.45) is 0 Å². The Kier molecular flexibility index (Phi) is 11.4. The maximum Gasteiger partial charge on any atom is 0.324 e. The maximum absolute atomic E-state index is 12.7. The first-order valence-electron chi connectivity index (χ1n) is 12.4. The zero-order valence-corrected chi connectivity index (χ0v) is 22.3. The van der Waals surface area contributed by atoms with E-state index in [2.05, 4.69) is 16.9 Å². The molecule has 0 saturated carbocycles. The summed E-state index contributed by atoms with van der Waals surface area (Å²) < 4.78 is 0. The van der Waals surface area contributed by atoms with Crippen LogP contribution in [0.1, 0.15) is 47.8 Å². The van der Waals surface area contributed by atoms with E-state index in [0.717, 1.165) is 19.4 Å². The van der Waals surface area contributed by atoms with Gasteiger partial charge in [-0.25, -0.2) is 4.98 Å². The standard InChI is InChI=1S/C19H26N4O2.C6H3N3O7/c1-3-4-12-23(18(25)15-9-6-5-7-10-15)13-8-11-16-14(2)21-19(20)22-17(16)24;10-6-4(8(13)14)1-3(7(11)12)2-5(6)9(15)16/h5-7,9-10H,3-4,8,11-13H2,1-2H3,(H3,20,21,22,24);1-2,10H. The number of aromatic nitrogens is 2. The van der Waals surface area contributed by atoms with Crippen LogP contribution in [0.15, 0.2) is 47.3 Å². The molecule has 0 aliphatic heterocycles. The van der Waals surface area contributed by atoms with Crippen LogP contribution in [0.25, 0.3) is 0 Å². The molecule has 16 nitrogen and oxygen atoms in total. The SMILES string of the molecule is CCCCN(CCCc1c(C)nc(N)[nH]c1=O)C(=O)c1ccccc1.O=[N+]([O-])c1cc([N+](=O)[O-])c(O)c([N+](=O)[O-])c1. The Morgan fingerprint density at radius 2 is 1.56 bits per heavy atom. The van der Waals surface area contributed by atoms with Crippen molar-refractivity contribution in [2.75, 3.05) is 18.8 Å². The van der Waals surface area contributed by atoms with Gasteiger partial charge in [-0.1, -0.05) is 31.5 Å². The van der Waals surface area contributed by atoms with Crippen LogP contribution >= 0.6 is 0 Å². The number of nitro groups is 3. The number of anilines is 1. The number of aromatic hydroxyl groups is 1. The summed E-state index contributed by atoms with van der Waals surface area (Å²) in [7, 11) is 0. The number of H-pyrrole nitrogens is 1. The monoisotopic (exact) mass is 571 g/mol. The minimum Gasteiger partial charge on any atom is -0.497 e. The average molecular weight is 572 g/mol. The number of nitrogens with zero attached hydrogens (tertiary/aromatic N) is 5. The average Bonchev–Trinajstić information content (AvgIpc) is 2.92. The van der Waals surface area contributed by atoms with Gasteiger partial charge in [0.25, 0.3) is 22.9 Å². The topological polar surface area (TPSA) is 242 Å². The van der Waals surface area contributed by atoms with Gasteiger partial charge in [-0.2, -0.15) is 0 Å². The second kappa shape index (κ2) is 14.7. The van der Waals surface area contributed by atoms with Gasteiger partial charge in [0.05, 0.1) is 26.9 Å². The van der Waals surface area contributed by atoms with Crippen molar-refractivity contribution in [1.82, 2.24) is 14.9 Å². The molecule has 0 unspecified atom stereocenters. The summed E-state index contributed by atoms with van der Waals surface area (Å²) in [6.07, 6.45) is 3.26. The van der Waals surface area contributed by atoms with Gasteiger partial charge in [-0.05, 0) is 38.3 Å². The van der Waals surface area contributed by atoms with Crippen molar-refractivity contribution in [3.63, 3.8) is 0 Å². The fourth-order valence-corrected chi connectivity index (χ4v) is 3.77. The number of non-ortho nitro benzene ring substituents is 1. The summed E-state index contributed by atoms with van der Waals surface area (Å²) in [5.74, 6) is -1.04. The lowest BCUT2D eigenvalue weighted by atomic mass is 10.1. The van der Waals surface area contributed by atoms with Gasteiger partial charge in [0.15, 0.2) is 0 Å². The molecule has 41 heavy (non-hydrogen) atoms. The first-order valence-corrected chi connectivity index (χ1v) is 12.4. The summed E-state index contributed by atoms with van der Waals surface area (Å²) in [5.41, 5.74) is 4.33. The summed E-state index contributed by atoms with van der Waals surface area (Å²) >= 11 is 0. The Hall–Kier alpha value is -5.41. The largest absolute Gasteiger partial charge is 0.497 e. The van der Waals surface area contributed by atoms with E-state index in [9.17, 15) is 39.9 Å². The van der Waals surface area contributed by atoms with Crippen LogP contribution in [-0.4, -0.2) is 53.7 Å². The van der Waals surface area contributed by atoms with E-state index in [1.807, 2.05) is 35.2 Å². The number of amides is 1. The quantitative estimate of drug-likeness (QED) is 0.221. The molecule has 2 aromatic carbocycles. The second-order valence-corrected chi connectivity index (χ2v) is 8.73. The van der Waals surface area contributed by atoms with E-state index in [-0.39, 0.29) is 17.4 Å². The first kappa shape index (κ1) is 31.8. The molecule has 0 atom stereocenters. The molecule has 1 heterocycles. The van der Waals surface area contributed by atoms with E-state index in [1.54, 1.807) is 6.92 Å². The number of phenolic OH excluding ortho intramolecular Hbond substituents is 1. The van der Waals surface area contributed by atoms with Crippen molar-refractivity contribution in [3.8, 4) is 5.75 Å². The number of nitrogen functional groups attached to an aromatic ring is 1. The lowest BCUT2D eigenvalue weighted by molar-refractivity contribution is -0.404. The Labute approximate surface area is 232 Å². The predicted molar refractivity (Wildman–Crippen MR) is 148 cm³/mol. The third-order valence-electron chi connectivity index (χ3n) is 5.84. The van der Waals surface area contributed by atoms with Gasteiger partial charge < -0.3 is 15.7 Å². The predicted octanol–water partition coefficient (Wildman–Crippen LogP) is 3.65. The van der Waals surface area contributed by atoms with E-state index in [1.165, 1.54) is 0 Å². The number of phenols is 1. The zero-order valence-electron chi connectivity index (χ0n) is 22.3. The molecule has 0 bridgehead atoms. The fourth-order valence-electron chi connectivity index (χ4n) is 3.77. The number of nitrogens with one attached hydrogen (secondary N) is 1. The number of aromatic amines is 1. The highest BCUT2D eigenvalue weighted by Gasteiger charge is 2.30. The molecule has 0 spiro atoms. The number of hydrogen-bond acceptors (Lipinski definition) is 11. The van der Waals surface area contributed by atoms with Crippen LogP contribution in [0.2, 0.25) is 0 Å². The third-order valence-corrected chi connectivity index (χ3v) is 5.84. The third kappa shape index (κ3) is 8.81. The number of benzene rings is 2. The van der Waals surface area contributed by atoms with Crippen LogP contribution in [-0.2, 0) is 6.42 Å². The number of carbonyl (C=O) groups is 1. The van der Waals surface area contributed by atoms with Crippen LogP contribution < -0.4 is 11.3 Å². The van der Waals surface area contributed by atoms with E-state index in [4.69, 9.17) is 10.8 Å². The summed E-state index contributed by atoms with van der Waals surface area (Å²) in [4.78, 5) is 61.0. The van der Waals surface area contributed by atoms with Crippen molar-refractivity contribution < 1.29 is 24.7 Å². The first-order chi connectivity index (χ1) is 19.4. The number of aryl methyl sites for hydroxylation is 1. The Morgan fingerprint density at radius 1 is 1.00 bits per heavy atom. The van der Waals surface area contributed by atoms with Crippen LogP contribution in [0.4, 0.5) is 23.0 Å². The number of nitro benzene ring substituents is 3. The van der Waals surface area contributed by atoms with E-state index < -0.39 is 37.6 Å². The number of unbranched alkanes of at least 4 members (excludes halogenated alkanes) is 1. The smallest absolute Gasteiger partial charge is 0.324 e. The Bertz CT molecular complexity index is 1440. The molecule has 3 rings (SSSR count). The molecule has 0 aliphatic rings. The lowest BCUT2D eigenvalue weighted by Crippen LogP contribution is -2.33. The van der Waals surface area contributed by atoms with Crippen molar-refractivity contribution in [2.45, 2.75) is 39.5 Å². The zero-order chi connectivity index (χ0) is 30.7. The van der Waals surface area contributed by atoms with Gasteiger partial charge in [-0.3, -0.25) is 44.9 Å². The van der Waals surface area contributed by atoms with E-state index in [0.29, 0.717) is 48.3 Å². The van der Waals surface area contributed by atoms with Gasteiger partial charge in [-0.15, -0.1) is 0 Å². The molecule has 0 fully saturated rings. The molecule has 0 radical (unpaired) electrons. The molecular formula is C25H29N7O9. The molecule has 1 amide bonds. The molecule has 0 saturated heterocycles. The summed E-state index contributed by atoms with van der Waals surface area (Å²) in [6.45, 7) is 5.22. The number of nitrogens with two attached hydrogens (primary N) is 1. The normalized spacial score (nSPS) is 10.3. The highest BCUT2D eigenvalue weighted by molar-refractivity contribution is 5.94. The molecule has 218 valence electrons. The molecule has 1 aromatic heterocycles. The molecule has 0 aliphatic carbocycles. The van der Waals surface area contributed by atoms with Crippen molar-refractivity contribution >= 4 is 28.9 Å². The molecule has 16 heteroatoms. The van der Waals surface area contributed by atoms with Crippen LogP contribution in [0, 0.1) is 37.3 Å². The Morgan fingerprint density at radius 3 is 2.05 bits per heavy atom. The van der Waals surface area contributed by atoms with Crippen molar-refractivity contribution in [3.05, 3.63) is 100.0 Å². The van der Waals surface area contributed by atoms with Gasteiger partial charge in [0.1, 0.15) is 0 Å². The lowest BCUT2D eigenvalue weighted by Gasteiger charge is -2.22. The summed E-state index contributed by atoms with van der Waals surface area (Å²) in [5, 5.41) is 40.2. The molecular weight excluding hydrogens is 542 g/mol. The van der Waals surface area contributed by atoms with Crippen molar-refractivity contribution in [1.29, 1.82) is 0 Å². The highest BCUT2D eigenvalue weighted by Crippen LogP contribution is 2.38. The number of rotatable bonds is 11.